The third-order valence-corrected chi connectivity index (χ3v) is 7.00. The van der Waals surface area contributed by atoms with E-state index in [1.54, 1.807) is 30.3 Å². The van der Waals surface area contributed by atoms with Crippen LogP contribution >= 0.6 is 0 Å². The predicted molar refractivity (Wildman–Crippen MR) is 139 cm³/mol. The molecule has 0 spiro atoms. The molecule has 3 amide bonds. The Hall–Kier alpha value is -4.72. The van der Waals surface area contributed by atoms with Crippen molar-refractivity contribution in [2.24, 2.45) is 0 Å². The van der Waals surface area contributed by atoms with E-state index >= 15 is 0 Å². The van der Waals surface area contributed by atoms with Gasteiger partial charge in [-0.15, -0.1) is 0 Å². The quantitative estimate of drug-likeness (QED) is 0.476. The fourth-order valence-electron chi connectivity index (χ4n) is 5.11. The third kappa shape index (κ3) is 5.38. The second kappa shape index (κ2) is 10.8. The van der Waals surface area contributed by atoms with E-state index < -0.39 is 60.4 Å². The number of nitrogens with one attached hydrogen (secondary N) is 1. The maximum atomic E-state index is 14.5. The lowest BCUT2D eigenvalue weighted by Gasteiger charge is -2.39. The van der Waals surface area contributed by atoms with Crippen LogP contribution in [0.3, 0.4) is 0 Å². The number of pyridine rings is 1. The molecule has 204 valence electrons. The van der Waals surface area contributed by atoms with Gasteiger partial charge in [-0.3, -0.25) is 24.2 Å². The topological polar surface area (TPSA) is 106 Å². The van der Waals surface area contributed by atoms with Crippen molar-refractivity contribution >= 4 is 29.2 Å². The zero-order chi connectivity index (χ0) is 28.4. The number of hydrogen-bond donors (Lipinski definition) is 1. The Morgan fingerprint density at radius 3 is 2.52 bits per heavy atom. The van der Waals surface area contributed by atoms with Crippen molar-refractivity contribution in [2.45, 2.75) is 49.7 Å². The Labute approximate surface area is 228 Å². The van der Waals surface area contributed by atoms with Crippen LogP contribution in [0.15, 0.2) is 72.9 Å². The standard InChI is InChI=1S/C29H24F3N5O3/c30-20-7-4-8-22(14-20)36(26(19-5-2-1-3-6-19)27(39)35-21-15-29(31,32)16-21)28(40)23-9-10-25(38)37(23)24-13-18(17-33)11-12-34-24/h1-8,11-14,21,23,26H,9-10,15-16H2,(H,35,39)/t23?,26-/m0/s1. The van der Waals surface area contributed by atoms with Gasteiger partial charge in [-0.25, -0.2) is 18.2 Å². The van der Waals surface area contributed by atoms with Crippen molar-refractivity contribution in [3.05, 3.63) is 89.9 Å². The first kappa shape index (κ1) is 26.9. The summed E-state index contributed by atoms with van der Waals surface area (Å²) in [5.41, 5.74) is 0.645. The van der Waals surface area contributed by atoms with Gasteiger partial charge in [0.15, 0.2) is 0 Å². The molecule has 1 saturated heterocycles. The monoisotopic (exact) mass is 547 g/mol. The first-order chi connectivity index (χ1) is 19.2. The van der Waals surface area contributed by atoms with Gasteiger partial charge in [-0.1, -0.05) is 36.4 Å². The van der Waals surface area contributed by atoms with Crippen molar-refractivity contribution in [2.75, 3.05) is 9.80 Å². The normalized spacial score (nSPS) is 18.9. The summed E-state index contributed by atoms with van der Waals surface area (Å²) in [4.78, 5) is 47.5. The number of halogens is 3. The number of amides is 3. The molecule has 8 nitrogen and oxygen atoms in total. The first-order valence-electron chi connectivity index (χ1n) is 12.7. The highest BCUT2D eigenvalue weighted by molar-refractivity contribution is 6.10. The molecular weight excluding hydrogens is 523 g/mol. The van der Waals surface area contributed by atoms with Crippen molar-refractivity contribution in [3.63, 3.8) is 0 Å². The first-order valence-corrected chi connectivity index (χ1v) is 12.7. The molecule has 1 aliphatic carbocycles. The number of nitriles is 1. The Kier molecular flexibility index (Phi) is 7.26. The molecule has 2 aliphatic rings. The zero-order valence-corrected chi connectivity index (χ0v) is 21.1. The number of rotatable bonds is 7. The van der Waals surface area contributed by atoms with E-state index in [1.165, 1.54) is 41.4 Å². The number of anilines is 2. The van der Waals surface area contributed by atoms with Crippen LogP contribution in [0.5, 0.6) is 0 Å². The molecule has 1 N–H and O–H groups in total. The van der Waals surface area contributed by atoms with E-state index in [2.05, 4.69) is 10.3 Å². The lowest BCUT2D eigenvalue weighted by atomic mass is 9.87. The lowest BCUT2D eigenvalue weighted by molar-refractivity contribution is -0.133. The summed E-state index contributed by atoms with van der Waals surface area (Å²) in [6.07, 6.45) is 0.380. The van der Waals surface area contributed by atoms with Gasteiger partial charge in [0.1, 0.15) is 23.7 Å². The number of carbonyl (C=O) groups excluding carboxylic acids is 3. The van der Waals surface area contributed by atoms with Gasteiger partial charge >= 0.3 is 0 Å². The number of nitrogens with zero attached hydrogens (tertiary/aromatic N) is 4. The summed E-state index contributed by atoms with van der Waals surface area (Å²) in [6, 6.07) is 14.9. The van der Waals surface area contributed by atoms with Crippen molar-refractivity contribution in [1.82, 2.24) is 10.3 Å². The number of alkyl halides is 2. The molecule has 5 rings (SSSR count). The molecule has 11 heteroatoms. The zero-order valence-electron chi connectivity index (χ0n) is 21.1. The second-order valence-corrected chi connectivity index (χ2v) is 9.80. The third-order valence-electron chi connectivity index (χ3n) is 7.00. The maximum Gasteiger partial charge on any atom is 0.252 e. The summed E-state index contributed by atoms with van der Waals surface area (Å²) in [5, 5.41) is 11.9. The van der Waals surface area contributed by atoms with E-state index in [0.717, 1.165) is 11.0 Å². The smallest absolute Gasteiger partial charge is 0.252 e. The SMILES string of the molecule is N#Cc1ccnc(N2C(=O)CCC2C(=O)N(c2cccc(F)c2)[C@H](C(=O)NC2CC(F)(F)C2)c2ccccc2)c1. The van der Waals surface area contributed by atoms with Gasteiger partial charge in [0.05, 0.1) is 11.6 Å². The van der Waals surface area contributed by atoms with Crippen LogP contribution in [0, 0.1) is 17.1 Å². The minimum Gasteiger partial charge on any atom is -0.351 e. The second-order valence-electron chi connectivity index (χ2n) is 9.80. The Morgan fingerprint density at radius 2 is 1.85 bits per heavy atom. The number of carbonyl (C=O) groups is 3. The average Bonchev–Trinajstić information content (AvgIpc) is 3.32. The largest absolute Gasteiger partial charge is 0.351 e. The molecule has 1 aromatic heterocycles. The van der Waals surface area contributed by atoms with Crippen LogP contribution < -0.4 is 15.1 Å². The van der Waals surface area contributed by atoms with Crippen molar-refractivity contribution < 1.29 is 27.6 Å². The van der Waals surface area contributed by atoms with Gasteiger partial charge in [-0.2, -0.15) is 5.26 Å². The molecule has 0 radical (unpaired) electrons. The summed E-state index contributed by atoms with van der Waals surface area (Å²) < 4.78 is 41.5. The highest BCUT2D eigenvalue weighted by Crippen LogP contribution is 2.39. The van der Waals surface area contributed by atoms with Crippen LogP contribution in [-0.4, -0.2) is 40.7 Å². The lowest BCUT2D eigenvalue weighted by Crippen LogP contribution is -2.56. The van der Waals surface area contributed by atoms with Crippen LogP contribution in [0.2, 0.25) is 0 Å². The summed E-state index contributed by atoms with van der Waals surface area (Å²) >= 11 is 0. The number of hydrogen-bond acceptors (Lipinski definition) is 5. The van der Waals surface area contributed by atoms with E-state index in [9.17, 15) is 32.8 Å². The Morgan fingerprint density at radius 1 is 1.10 bits per heavy atom. The molecular formula is C29H24F3N5O3. The highest BCUT2D eigenvalue weighted by Gasteiger charge is 2.48. The molecule has 0 bridgehead atoms. The van der Waals surface area contributed by atoms with Crippen LogP contribution in [0.25, 0.3) is 0 Å². The molecule has 2 atom stereocenters. The summed E-state index contributed by atoms with van der Waals surface area (Å²) in [5.74, 6) is -5.26. The molecule has 1 unspecified atom stereocenters. The van der Waals surface area contributed by atoms with Gasteiger partial charge < -0.3 is 5.32 Å². The van der Waals surface area contributed by atoms with Gasteiger partial charge in [-0.05, 0) is 42.3 Å². The van der Waals surface area contributed by atoms with Crippen LogP contribution in [0.4, 0.5) is 24.7 Å². The summed E-state index contributed by atoms with van der Waals surface area (Å²) in [6.45, 7) is 0. The Balaban J connectivity index is 1.58. The Bertz CT molecular complexity index is 1490. The van der Waals surface area contributed by atoms with E-state index in [-0.39, 0.29) is 29.9 Å². The fourth-order valence-corrected chi connectivity index (χ4v) is 5.11. The number of aromatic nitrogens is 1. The molecule has 2 heterocycles. The van der Waals surface area contributed by atoms with Crippen LogP contribution in [0.1, 0.15) is 42.9 Å². The molecule has 40 heavy (non-hydrogen) atoms. The van der Waals surface area contributed by atoms with Gasteiger partial charge in [0.2, 0.25) is 11.8 Å². The predicted octanol–water partition coefficient (Wildman–Crippen LogP) is 4.28. The molecule has 1 saturated carbocycles. The van der Waals surface area contributed by atoms with E-state index in [0.29, 0.717) is 5.56 Å². The number of benzene rings is 2. The summed E-state index contributed by atoms with van der Waals surface area (Å²) in [7, 11) is 0. The van der Waals surface area contributed by atoms with Crippen molar-refractivity contribution in [3.8, 4) is 6.07 Å². The van der Waals surface area contributed by atoms with E-state index in [4.69, 9.17) is 0 Å². The molecule has 1 aliphatic heterocycles. The minimum atomic E-state index is -2.88. The molecule has 2 aromatic carbocycles. The molecule has 3 aromatic rings. The van der Waals surface area contributed by atoms with Crippen LogP contribution in [-0.2, 0) is 14.4 Å². The van der Waals surface area contributed by atoms with Gasteiger partial charge in [0, 0.05) is 37.2 Å². The highest BCUT2D eigenvalue weighted by atomic mass is 19.3. The minimum absolute atomic E-state index is 0.00517. The molecule has 2 fully saturated rings. The van der Waals surface area contributed by atoms with Crippen molar-refractivity contribution in [1.29, 1.82) is 5.26 Å². The van der Waals surface area contributed by atoms with Gasteiger partial charge in [0.25, 0.3) is 11.8 Å². The maximum absolute atomic E-state index is 14.5. The fraction of sp³-hybridized carbons (Fsp3) is 0.276. The average molecular weight is 548 g/mol. The van der Waals surface area contributed by atoms with E-state index in [1.807, 2.05) is 6.07 Å².